The molecule has 2 N–H and O–H groups in total. The summed E-state index contributed by atoms with van der Waals surface area (Å²) in [7, 11) is 0. The van der Waals surface area contributed by atoms with E-state index in [-0.39, 0.29) is 30.8 Å². The first-order valence-electron chi connectivity index (χ1n) is 11.2. The number of rotatable bonds is 7. The largest absolute Gasteiger partial charge is 0.481 e. The monoisotopic (exact) mass is 451 g/mol. The van der Waals surface area contributed by atoms with Gasteiger partial charge in [-0.1, -0.05) is 36.4 Å². The van der Waals surface area contributed by atoms with E-state index in [9.17, 15) is 19.5 Å². The SMILES string of the molecule is CC(CN1CCOCC1)NC(=O)CN1C(=O)c2ccccc2C(CC(=O)O)c2ccccc21. The number of carboxylic acid groups (broad SMARTS) is 1. The first-order chi connectivity index (χ1) is 15.9. The maximum Gasteiger partial charge on any atom is 0.304 e. The van der Waals surface area contributed by atoms with Crippen LogP contribution in [0.25, 0.3) is 0 Å². The van der Waals surface area contributed by atoms with Crippen LogP contribution in [-0.2, 0) is 14.3 Å². The summed E-state index contributed by atoms with van der Waals surface area (Å²) in [6.07, 6.45) is -0.141. The van der Waals surface area contributed by atoms with Gasteiger partial charge in [-0.15, -0.1) is 0 Å². The number of hydrogen-bond acceptors (Lipinski definition) is 5. The fourth-order valence-corrected chi connectivity index (χ4v) is 4.68. The maximum absolute atomic E-state index is 13.5. The molecule has 174 valence electrons. The average Bonchev–Trinajstić information content (AvgIpc) is 2.89. The molecule has 2 aromatic carbocycles. The van der Waals surface area contributed by atoms with Crippen molar-refractivity contribution in [3.63, 3.8) is 0 Å². The van der Waals surface area contributed by atoms with E-state index in [0.717, 1.165) is 18.7 Å². The van der Waals surface area contributed by atoms with Crippen LogP contribution < -0.4 is 10.2 Å². The minimum atomic E-state index is -0.944. The average molecular weight is 452 g/mol. The van der Waals surface area contributed by atoms with Crippen LogP contribution in [0.4, 0.5) is 5.69 Å². The number of para-hydroxylation sites is 1. The summed E-state index contributed by atoms with van der Waals surface area (Å²) in [6.45, 7) is 5.57. The van der Waals surface area contributed by atoms with Crippen molar-refractivity contribution in [1.29, 1.82) is 0 Å². The summed E-state index contributed by atoms with van der Waals surface area (Å²) < 4.78 is 5.37. The first-order valence-corrected chi connectivity index (χ1v) is 11.2. The molecule has 0 aromatic heterocycles. The molecule has 2 aromatic rings. The van der Waals surface area contributed by atoms with Crippen LogP contribution in [0.1, 0.15) is 40.7 Å². The Kier molecular flexibility index (Phi) is 7.05. The summed E-state index contributed by atoms with van der Waals surface area (Å²) in [5, 5.41) is 12.5. The standard InChI is InChI=1S/C25H29N3O5/c1-17(15-27-10-12-33-13-11-27)26-23(29)16-28-22-9-5-4-7-19(22)21(14-24(30)31)18-6-2-3-8-20(18)25(28)32/h2-9,17,21H,10-16H2,1H3,(H,26,29)(H,30,31). The van der Waals surface area contributed by atoms with Crippen molar-refractivity contribution in [2.75, 3.05) is 44.3 Å². The first kappa shape index (κ1) is 22.9. The molecule has 2 aliphatic rings. The van der Waals surface area contributed by atoms with E-state index in [1.807, 2.05) is 19.1 Å². The summed E-state index contributed by atoms with van der Waals surface area (Å²) in [5.41, 5.74) is 2.39. The second kappa shape index (κ2) is 10.1. The number of carbonyl (C=O) groups is 3. The van der Waals surface area contributed by atoms with E-state index in [2.05, 4.69) is 10.2 Å². The van der Waals surface area contributed by atoms with Crippen molar-refractivity contribution < 1.29 is 24.2 Å². The number of carbonyl (C=O) groups excluding carboxylic acids is 2. The molecule has 0 aliphatic carbocycles. The van der Waals surface area contributed by atoms with E-state index in [0.29, 0.717) is 36.6 Å². The van der Waals surface area contributed by atoms with Gasteiger partial charge >= 0.3 is 5.97 Å². The van der Waals surface area contributed by atoms with Gasteiger partial charge in [-0.2, -0.15) is 0 Å². The number of amides is 2. The quantitative estimate of drug-likeness (QED) is 0.669. The van der Waals surface area contributed by atoms with Crippen molar-refractivity contribution in [1.82, 2.24) is 10.2 Å². The molecule has 33 heavy (non-hydrogen) atoms. The number of fused-ring (bicyclic) bond motifs is 2. The summed E-state index contributed by atoms with van der Waals surface area (Å²) in [5.74, 6) is -1.98. The minimum absolute atomic E-state index is 0.0834. The van der Waals surface area contributed by atoms with E-state index in [1.165, 1.54) is 4.90 Å². The minimum Gasteiger partial charge on any atom is -0.481 e. The fourth-order valence-electron chi connectivity index (χ4n) is 4.68. The summed E-state index contributed by atoms with van der Waals surface area (Å²) >= 11 is 0. The second-order valence-corrected chi connectivity index (χ2v) is 8.57. The molecule has 0 radical (unpaired) electrons. The van der Waals surface area contributed by atoms with E-state index in [4.69, 9.17) is 4.74 Å². The van der Waals surface area contributed by atoms with Gasteiger partial charge in [-0.05, 0) is 30.2 Å². The Morgan fingerprint density at radius 2 is 1.76 bits per heavy atom. The predicted octanol–water partition coefficient (Wildman–Crippen LogP) is 2.09. The van der Waals surface area contributed by atoms with Crippen LogP contribution in [0.2, 0.25) is 0 Å². The Morgan fingerprint density at radius 1 is 1.09 bits per heavy atom. The lowest BCUT2D eigenvalue weighted by atomic mass is 9.86. The van der Waals surface area contributed by atoms with Gasteiger partial charge in [0.2, 0.25) is 5.91 Å². The molecule has 8 heteroatoms. The third-order valence-electron chi connectivity index (χ3n) is 6.14. The van der Waals surface area contributed by atoms with Crippen LogP contribution >= 0.6 is 0 Å². The number of nitrogens with one attached hydrogen (secondary N) is 1. The molecule has 0 spiro atoms. The molecule has 4 rings (SSSR count). The number of aliphatic carboxylic acids is 1. The molecule has 2 atom stereocenters. The van der Waals surface area contributed by atoms with Gasteiger partial charge in [0.1, 0.15) is 6.54 Å². The van der Waals surface area contributed by atoms with Crippen molar-refractivity contribution in [2.24, 2.45) is 0 Å². The Hall–Kier alpha value is -3.23. The Balaban J connectivity index is 1.59. The number of ether oxygens (including phenoxy) is 1. The van der Waals surface area contributed by atoms with Gasteiger partial charge in [-0.3, -0.25) is 24.2 Å². The molecular weight excluding hydrogens is 422 g/mol. The van der Waals surface area contributed by atoms with Crippen LogP contribution in [-0.4, -0.2) is 73.2 Å². The van der Waals surface area contributed by atoms with Gasteiger partial charge in [0, 0.05) is 42.8 Å². The molecule has 0 saturated carbocycles. The van der Waals surface area contributed by atoms with Crippen LogP contribution in [0.3, 0.4) is 0 Å². The smallest absolute Gasteiger partial charge is 0.304 e. The number of morpholine rings is 1. The molecule has 1 fully saturated rings. The summed E-state index contributed by atoms with van der Waals surface area (Å²) in [6, 6.07) is 14.2. The molecule has 1 saturated heterocycles. The maximum atomic E-state index is 13.5. The highest BCUT2D eigenvalue weighted by Crippen LogP contribution is 2.40. The van der Waals surface area contributed by atoms with Gasteiger partial charge in [0.05, 0.1) is 19.6 Å². The van der Waals surface area contributed by atoms with Crippen LogP contribution in [0.15, 0.2) is 48.5 Å². The van der Waals surface area contributed by atoms with E-state index in [1.54, 1.807) is 36.4 Å². The van der Waals surface area contributed by atoms with Crippen molar-refractivity contribution in [3.05, 3.63) is 65.2 Å². The lowest BCUT2D eigenvalue weighted by Gasteiger charge is -2.30. The number of hydrogen-bond donors (Lipinski definition) is 2. The molecule has 0 bridgehead atoms. The highest BCUT2D eigenvalue weighted by atomic mass is 16.5. The highest BCUT2D eigenvalue weighted by Gasteiger charge is 2.34. The molecule has 8 nitrogen and oxygen atoms in total. The van der Waals surface area contributed by atoms with E-state index >= 15 is 0 Å². The normalized spacial score (nSPS) is 19.2. The third-order valence-corrected chi connectivity index (χ3v) is 6.14. The Bertz CT molecular complexity index is 1030. The summed E-state index contributed by atoms with van der Waals surface area (Å²) in [4.78, 5) is 41.9. The lowest BCUT2D eigenvalue weighted by molar-refractivity contribution is -0.137. The molecule has 2 heterocycles. The highest BCUT2D eigenvalue weighted by molar-refractivity contribution is 6.11. The lowest BCUT2D eigenvalue weighted by Crippen LogP contribution is -2.49. The molecule has 2 aliphatic heterocycles. The van der Waals surface area contributed by atoms with E-state index < -0.39 is 11.9 Å². The number of benzene rings is 2. The zero-order valence-electron chi connectivity index (χ0n) is 18.7. The third kappa shape index (κ3) is 5.23. The fraction of sp³-hybridized carbons (Fsp3) is 0.400. The Morgan fingerprint density at radius 3 is 2.48 bits per heavy atom. The van der Waals surface area contributed by atoms with Gasteiger partial charge in [-0.25, -0.2) is 0 Å². The van der Waals surface area contributed by atoms with Crippen LogP contribution in [0, 0.1) is 0 Å². The predicted molar refractivity (Wildman–Crippen MR) is 124 cm³/mol. The van der Waals surface area contributed by atoms with Gasteiger partial charge in [0.15, 0.2) is 0 Å². The van der Waals surface area contributed by atoms with Gasteiger partial charge < -0.3 is 15.2 Å². The Labute approximate surface area is 193 Å². The number of carboxylic acids is 1. The second-order valence-electron chi connectivity index (χ2n) is 8.57. The van der Waals surface area contributed by atoms with Crippen molar-refractivity contribution >= 4 is 23.5 Å². The van der Waals surface area contributed by atoms with Gasteiger partial charge in [0.25, 0.3) is 5.91 Å². The molecule has 2 amide bonds. The van der Waals surface area contributed by atoms with Crippen molar-refractivity contribution in [3.8, 4) is 0 Å². The number of anilines is 1. The number of nitrogens with zero attached hydrogens (tertiary/aromatic N) is 2. The van der Waals surface area contributed by atoms with Crippen LogP contribution in [0.5, 0.6) is 0 Å². The zero-order chi connectivity index (χ0) is 23.4. The topological polar surface area (TPSA) is 99.2 Å². The molecular formula is C25H29N3O5. The van der Waals surface area contributed by atoms with Crippen molar-refractivity contribution in [2.45, 2.75) is 25.3 Å². The zero-order valence-corrected chi connectivity index (χ0v) is 18.7. The molecule has 2 unspecified atom stereocenters.